The number of carbonyl (C=O) groups excluding carboxylic acids is 1. The van der Waals surface area contributed by atoms with Crippen molar-refractivity contribution in [2.75, 3.05) is 13.7 Å². The second kappa shape index (κ2) is 7.18. The maximum absolute atomic E-state index is 10.8. The van der Waals surface area contributed by atoms with Crippen molar-refractivity contribution in [3.05, 3.63) is 23.4 Å². The minimum Gasteiger partial charge on any atom is -0.469 e. The molecular weight excluding hydrogens is 178 g/mol. The lowest BCUT2D eigenvalue weighted by molar-refractivity contribution is -0.140. The molecule has 0 aromatic carbocycles. The molecule has 0 aliphatic heterocycles. The molecule has 3 nitrogen and oxygen atoms in total. The molecule has 0 spiro atoms. The lowest BCUT2D eigenvalue weighted by Crippen LogP contribution is -2.19. The zero-order valence-corrected chi connectivity index (χ0v) is 9.39. The largest absolute Gasteiger partial charge is 0.469 e. The summed E-state index contributed by atoms with van der Waals surface area (Å²) in [6.07, 6.45) is 4.41. The van der Waals surface area contributed by atoms with Crippen molar-refractivity contribution in [2.45, 2.75) is 27.2 Å². The van der Waals surface area contributed by atoms with Crippen molar-refractivity contribution in [2.24, 2.45) is 0 Å². The predicted molar refractivity (Wildman–Crippen MR) is 57.8 cm³/mol. The van der Waals surface area contributed by atoms with Gasteiger partial charge in [0, 0.05) is 12.2 Å². The van der Waals surface area contributed by atoms with E-state index in [1.807, 2.05) is 32.9 Å². The first-order valence-electron chi connectivity index (χ1n) is 4.76. The van der Waals surface area contributed by atoms with Gasteiger partial charge in [-0.1, -0.05) is 12.2 Å². The summed E-state index contributed by atoms with van der Waals surface area (Å²) >= 11 is 0. The van der Waals surface area contributed by atoms with E-state index in [9.17, 15) is 4.79 Å². The summed E-state index contributed by atoms with van der Waals surface area (Å²) in [5, 5.41) is 3.18. The zero-order valence-electron chi connectivity index (χ0n) is 9.39. The first-order chi connectivity index (χ1) is 6.65. The normalized spacial score (nSPS) is 12.6. The standard InChI is InChI=1S/C11H19NO2/c1-5-9(3)10(6-2)12-8-7-11(13)14-4/h5-6,12H,7-8H2,1-4H3/b9-5-,10-6+. The molecule has 0 aromatic heterocycles. The number of ether oxygens (including phenoxy) is 1. The number of rotatable bonds is 5. The highest BCUT2D eigenvalue weighted by Gasteiger charge is 2.01. The van der Waals surface area contributed by atoms with Gasteiger partial charge in [0.15, 0.2) is 0 Å². The van der Waals surface area contributed by atoms with Crippen LogP contribution in [0.15, 0.2) is 23.4 Å². The molecule has 0 aromatic rings. The maximum atomic E-state index is 10.8. The number of methoxy groups -OCH3 is 1. The van der Waals surface area contributed by atoms with Gasteiger partial charge >= 0.3 is 5.97 Å². The Morgan fingerprint density at radius 1 is 1.36 bits per heavy atom. The van der Waals surface area contributed by atoms with Crippen LogP contribution in [0.5, 0.6) is 0 Å². The Labute approximate surface area is 85.8 Å². The van der Waals surface area contributed by atoms with E-state index >= 15 is 0 Å². The molecule has 3 heteroatoms. The van der Waals surface area contributed by atoms with Crippen molar-refractivity contribution >= 4 is 5.97 Å². The number of nitrogens with one attached hydrogen (secondary N) is 1. The van der Waals surface area contributed by atoms with Gasteiger partial charge in [-0.2, -0.15) is 0 Å². The Morgan fingerprint density at radius 2 is 2.00 bits per heavy atom. The van der Waals surface area contributed by atoms with Crippen LogP contribution < -0.4 is 5.32 Å². The number of hydrogen-bond donors (Lipinski definition) is 1. The fraction of sp³-hybridized carbons (Fsp3) is 0.545. The summed E-state index contributed by atoms with van der Waals surface area (Å²) in [6.45, 7) is 6.59. The number of allylic oxidation sites excluding steroid dienone is 3. The highest BCUT2D eigenvalue weighted by Crippen LogP contribution is 2.04. The molecular formula is C11H19NO2. The number of carbonyl (C=O) groups is 1. The van der Waals surface area contributed by atoms with Crippen LogP contribution in [0.3, 0.4) is 0 Å². The zero-order chi connectivity index (χ0) is 11.0. The molecule has 0 amide bonds. The van der Waals surface area contributed by atoms with Crippen molar-refractivity contribution in [1.82, 2.24) is 5.32 Å². The van der Waals surface area contributed by atoms with Crippen molar-refractivity contribution in [3.8, 4) is 0 Å². The molecule has 0 radical (unpaired) electrons. The molecule has 0 atom stereocenters. The van der Waals surface area contributed by atoms with Crippen molar-refractivity contribution in [1.29, 1.82) is 0 Å². The van der Waals surface area contributed by atoms with E-state index < -0.39 is 0 Å². The second-order valence-corrected chi connectivity index (χ2v) is 2.93. The summed E-state index contributed by atoms with van der Waals surface area (Å²) < 4.78 is 4.54. The third-order valence-corrected chi connectivity index (χ3v) is 2.02. The molecule has 0 fully saturated rings. The summed E-state index contributed by atoms with van der Waals surface area (Å²) in [7, 11) is 1.40. The Bertz CT molecular complexity index is 242. The van der Waals surface area contributed by atoms with Crippen LogP contribution in [-0.4, -0.2) is 19.6 Å². The van der Waals surface area contributed by atoms with Gasteiger partial charge in [0.25, 0.3) is 0 Å². The monoisotopic (exact) mass is 197 g/mol. The maximum Gasteiger partial charge on any atom is 0.307 e. The van der Waals surface area contributed by atoms with E-state index in [-0.39, 0.29) is 5.97 Å². The molecule has 80 valence electrons. The van der Waals surface area contributed by atoms with Gasteiger partial charge < -0.3 is 10.1 Å². The molecule has 0 saturated carbocycles. The Hall–Kier alpha value is -1.25. The topological polar surface area (TPSA) is 38.3 Å². The Balaban J connectivity index is 3.93. The number of esters is 1. The van der Waals surface area contributed by atoms with Crippen LogP contribution in [0, 0.1) is 0 Å². The van der Waals surface area contributed by atoms with Crippen molar-refractivity contribution < 1.29 is 9.53 Å². The summed E-state index contributed by atoms with van der Waals surface area (Å²) in [4.78, 5) is 10.8. The van der Waals surface area contributed by atoms with E-state index in [1.54, 1.807) is 0 Å². The summed E-state index contributed by atoms with van der Waals surface area (Å²) in [5.41, 5.74) is 2.24. The molecule has 0 bridgehead atoms. The van der Waals surface area contributed by atoms with Crippen LogP contribution in [-0.2, 0) is 9.53 Å². The number of hydrogen-bond acceptors (Lipinski definition) is 3. The van der Waals surface area contributed by atoms with Gasteiger partial charge in [-0.3, -0.25) is 4.79 Å². The lowest BCUT2D eigenvalue weighted by atomic mass is 10.2. The van der Waals surface area contributed by atoms with E-state index in [0.29, 0.717) is 13.0 Å². The minimum absolute atomic E-state index is 0.189. The van der Waals surface area contributed by atoms with Gasteiger partial charge in [-0.25, -0.2) is 0 Å². The molecule has 1 N–H and O–H groups in total. The van der Waals surface area contributed by atoms with E-state index in [1.165, 1.54) is 12.7 Å². The van der Waals surface area contributed by atoms with Gasteiger partial charge in [0.05, 0.1) is 13.5 Å². The van der Waals surface area contributed by atoms with E-state index in [2.05, 4.69) is 10.1 Å². The van der Waals surface area contributed by atoms with Crippen LogP contribution in [0.25, 0.3) is 0 Å². The van der Waals surface area contributed by atoms with E-state index in [0.717, 1.165) is 5.70 Å². The smallest absolute Gasteiger partial charge is 0.307 e. The predicted octanol–water partition coefficient (Wildman–Crippen LogP) is 2.01. The van der Waals surface area contributed by atoms with Gasteiger partial charge in [-0.05, 0) is 26.3 Å². The SMILES string of the molecule is C/C=C(C)\C(=C/C)NCCC(=O)OC. The summed E-state index contributed by atoms with van der Waals surface area (Å²) in [6, 6.07) is 0. The first kappa shape index (κ1) is 12.8. The van der Waals surface area contributed by atoms with Gasteiger partial charge in [-0.15, -0.1) is 0 Å². The molecule has 0 rings (SSSR count). The highest BCUT2D eigenvalue weighted by atomic mass is 16.5. The van der Waals surface area contributed by atoms with Crippen molar-refractivity contribution in [3.63, 3.8) is 0 Å². The van der Waals surface area contributed by atoms with Crippen LogP contribution in [0.4, 0.5) is 0 Å². The molecule has 0 heterocycles. The van der Waals surface area contributed by atoms with Crippen LogP contribution in [0.2, 0.25) is 0 Å². The van der Waals surface area contributed by atoms with Gasteiger partial charge in [0.2, 0.25) is 0 Å². The quantitative estimate of drug-likeness (QED) is 0.541. The first-order valence-corrected chi connectivity index (χ1v) is 4.76. The fourth-order valence-electron chi connectivity index (χ4n) is 1.03. The van der Waals surface area contributed by atoms with Crippen LogP contribution in [0.1, 0.15) is 27.2 Å². The molecule has 14 heavy (non-hydrogen) atoms. The third-order valence-electron chi connectivity index (χ3n) is 2.02. The summed E-state index contributed by atoms with van der Waals surface area (Å²) in [5.74, 6) is -0.189. The average Bonchev–Trinajstić information content (AvgIpc) is 2.22. The van der Waals surface area contributed by atoms with E-state index in [4.69, 9.17) is 0 Å². The second-order valence-electron chi connectivity index (χ2n) is 2.93. The third kappa shape index (κ3) is 4.70. The minimum atomic E-state index is -0.189. The molecule has 0 aliphatic rings. The molecule has 0 aliphatic carbocycles. The highest BCUT2D eigenvalue weighted by molar-refractivity contribution is 5.69. The lowest BCUT2D eigenvalue weighted by Gasteiger charge is -2.10. The Morgan fingerprint density at radius 3 is 2.43 bits per heavy atom. The average molecular weight is 197 g/mol. The van der Waals surface area contributed by atoms with Gasteiger partial charge in [0.1, 0.15) is 0 Å². The molecule has 0 unspecified atom stereocenters. The fourth-order valence-corrected chi connectivity index (χ4v) is 1.03. The Kier molecular flexibility index (Phi) is 6.54. The molecule has 0 saturated heterocycles. The van der Waals surface area contributed by atoms with Crippen LogP contribution >= 0.6 is 0 Å².